The van der Waals surface area contributed by atoms with E-state index >= 15 is 0 Å². The summed E-state index contributed by atoms with van der Waals surface area (Å²) in [6.45, 7) is 0. The first kappa shape index (κ1) is 30.4. The van der Waals surface area contributed by atoms with Crippen LogP contribution in [0.2, 0.25) is 0 Å². The Hall–Kier alpha value is -4.12. The number of aromatic nitrogens is 3. The van der Waals surface area contributed by atoms with E-state index in [1.54, 1.807) is 36.4 Å². The zero-order valence-electron chi connectivity index (χ0n) is 20.6. The minimum absolute atomic E-state index is 0. The Morgan fingerprint density at radius 1 is 0.400 bits per heavy atom. The van der Waals surface area contributed by atoms with Crippen LogP contribution in [0.3, 0.4) is 0 Å². The molecule has 0 spiro atoms. The van der Waals surface area contributed by atoms with Crippen molar-refractivity contribution in [3.63, 3.8) is 0 Å². The number of nitrogens with zero attached hydrogens (tertiary/aromatic N) is 3. The van der Waals surface area contributed by atoms with E-state index in [0.29, 0.717) is 16.6 Å². The molecule has 3 aromatic carbocycles. The van der Waals surface area contributed by atoms with Gasteiger partial charge in [0.1, 0.15) is 0 Å². The van der Waals surface area contributed by atoms with E-state index < -0.39 is 17.9 Å². The van der Waals surface area contributed by atoms with Gasteiger partial charge in [0.25, 0.3) is 0 Å². The molecular formula is C30H18EuN3O6. The van der Waals surface area contributed by atoms with Gasteiger partial charge < -0.3 is 29.7 Å². The molecule has 40 heavy (non-hydrogen) atoms. The topological polar surface area (TPSA) is 159 Å². The molecule has 0 aliphatic heterocycles. The zero-order valence-corrected chi connectivity index (χ0v) is 23.0. The molecule has 10 heteroatoms. The summed E-state index contributed by atoms with van der Waals surface area (Å²) in [5.74, 6) is -3.73. The molecule has 196 valence electrons. The third-order valence-electron chi connectivity index (χ3n) is 5.42. The van der Waals surface area contributed by atoms with Gasteiger partial charge in [-0.25, -0.2) is 15.0 Å². The van der Waals surface area contributed by atoms with Crippen LogP contribution in [0.5, 0.6) is 0 Å². The third-order valence-corrected chi connectivity index (χ3v) is 5.42. The average molecular weight is 668 g/mol. The molecule has 0 fully saturated rings. The molecule has 0 unspecified atom stereocenters. The van der Waals surface area contributed by atoms with Crippen molar-refractivity contribution < 1.29 is 79.1 Å². The first-order chi connectivity index (χ1) is 18.8. The van der Waals surface area contributed by atoms with E-state index in [4.69, 9.17) is 0 Å². The van der Waals surface area contributed by atoms with Gasteiger partial charge in [-0.3, -0.25) is 0 Å². The van der Waals surface area contributed by atoms with Crippen LogP contribution >= 0.6 is 0 Å². The summed E-state index contributed by atoms with van der Waals surface area (Å²) < 4.78 is 0. The van der Waals surface area contributed by atoms with Crippen LogP contribution in [0.25, 0.3) is 32.7 Å². The van der Waals surface area contributed by atoms with E-state index in [9.17, 15) is 29.7 Å². The molecule has 0 radical (unpaired) electrons. The van der Waals surface area contributed by atoms with Gasteiger partial charge in [-0.15, -0.1) is 0 Å². The van der Waals surface area contributed by atoms with Crippen molar-refractivity contribution in [3.05, 3.63) is 126 Å². The number of aromatic carboxylic acids is 3. The predicted octanol–water partition coefficient (Wildman–Crippen LogP) is 1.79. The Morgan fingerprint density at radius 2 is 0.650 bits per heavy atom. The summed E-state index contributed by atoms with van der Waals surface area (Å²) in [4.78, 5) is 43.2. The quantitative estimate of drug-likeness (QED) is 0.274. The summed E-state index contributed by atoms with van der Waals surface area (Å²) in [5.41, 5.74) is 1.92. The van der Waals surface area contributed by atoms with Gasteiger partial charge >= 0.3 is 49.4 Å². The third kappa shape index (κ3) is 7.95. The second-order valence-corrected chi connectivity index (χ2v) is 8.03. The zero-order chi connectivity index (χ0) is 27.8. The summed E-state index contributed by atoms with van der Waals surface area (Å²) in [5, 5.41) is 34.2. The Morgan fingerprint density at radius 3 is 0.900 bits per heavy atom. The number of rotatable bonds is 3. The first-order valence-corrected chi connectivity index (χ1v) is 11.5. The van der Waals surface area contributed by atoms with Gasteiger partial charge in [0, 0.05) is 16.2 Å². The van der Waals surface area contributed by atoms with E-state index in [2.05, 4.69) is 15.0 Å². The van der Waals surface area contributed by atoms with E-state index in [1.165, 1.54) is 18.2 Å². The number of carbonyl (C=O) groups is 3. The smallest absolute Gasteiger partial charge is 0.543 e. The predicted molar refractivity (Wildman–Crippen MR) is 138 cm³/mol. The van der Waals surface area contributed by atoms with Gasteiger partial charge in [0.15, 0.2) is 0 Å². The number of carbonyl (C=O) groups excluding carboxylic acids is 3. The first-order valence-electron chi connectivity index (χ1n) is 11.5. The van der Waals surface area contributed by atoms with Crippen molar-refractivity contribution in [2.24, 2.45) is 0 Å². The molecule has 0 saturated heterocycles. The van der Waals surface area contributed by atoms with Gasteiger partial charge in [-0.2, -0.15) is 0 Å². The normalized spacial score (nSPS) is 9.90. The molecule has 0 saturated carbocycles. The maximum absolute atomic E-state index is 10.5. The molecular weight excluding hydrogens is 650 g/mol. The average Bonchev–Trinajstić information content (AvgIpc) is 2.97. The van der Waals surface area contributed by atoms with Crippen LogP contribution in [0.1, 0.15) is 31.5 Å². The van der Waals surface area contributed by atoms with Crippen molar-refractivity contribution in [2.45, 2.75) is 0 Å². The molecule has 6 aromatic rings. The monoisotopic (exact) mass is 669 g/mol. The number of hydrogen-bond donors (Lipinski definition) is 0. The summed E-state index contributed by atoms with van der Waals surface area (Å²) in [7, 11) is 0. The molecule has 0 aliphatic rings. The van der Waals surface area contributed by atoms with Gasteiger partial charge in [0.2, 0.25) is 0 Å². The Balaban J connectivity index is 0.000000163. The number of para-hydroxylation sites is 3. The maximum Gasteiger partial charge on any atom is 3.00 e. The minimum Gasteiger partial charge on any atom is -0.543 e. The fourth-order valence-corrected chi connectivity index (χ4v) is 3.54. The van der Waals surface area contributed by atoms with Crippen molar-refractivity contribution in [3.8, 4) is 0 Å². The van der Waals surface area contributed by atoms with Crippen molar-refractivity contribution >= 4 is 50.6 Å². The van der Waals surface area contributed by atoms with E-state index in [-0.39, 0.29) is 66.5 Å². The van der Waals surface area contributed by atoms with Gasteiger partial charge in [-0.05, 0) is 36.4 Å². The van der Waals surface area contributed by atoms with Gasteiger partial charge in [-0.1, -0.05) is 72.8 Å². The molecule has 0 atom stereocenters. The number of fused-ring (bicyclic) bond motifs is 3. The largest absolute Gasteiger partial charge is 3.00 e. The molecule has 0 N–H and O–H groups in total. The standard InChI is InChI=1S/3C10H7NO2.Eu/c3*12-10(13)9-6-5-7-3-1-2-4-8(7)11-9;/h3*1-6H,(H,12,13);/q;;;+3/p-3. The fraction of sp³-hybridized carbons (Fsp3) is 0. The van der Waals surface area contributed by atoms with Crippen LogP contribution < -0.4 is 15.3 Å². The van der Waals surface area contributed by atoms with E-state index in [0.717, 1.165) is 16.2 Å². The SMILES string of the molecule is O=C([O-])c1ccc2ccccc2n1.O=C([O-])c1ccc2ccccc2n1.O=C([O-])c1ccc2ccccc2n1.[Eu+3]. The number of carboxylic acids is 3. The minimum atomic E-state index is -1.24. The number of pyridine rings is 3. The Kier molecular flexibility index (Phi) is 10.9. The Labute approximate surface area is 268 Å². The van der Waals surface area contributed by atoms with Crippen molar-refractivity contribution in [2.75, 3.05) is 0 Å². The van der Waals surface area contributed by atoms with Crippen LogP contribution in [-0.2, 0) is 0 Å². The molecule has 3 heterocycles. The molecule has 6 rings (SSSR count). The molecule has 0 bridgehead atoms. The van der Waals surface area contributed by atoms with Crippen LogP contribution in [0.4, 0.5) is 0 Å². The second kappa shape index (κ2) is 14.3. The summed E-state index contributed by atoms with van der Waals surface area (Å²) in [6.07, 6.45) is 0. The van der Waals surface area contributed by atoms with Gasteiger partial charge in [0.05, 0.1) is 51.5 Å². The summed E-state index contributed by atoms with van der Waals surface area (Å²) >= 11 is 0. The van der Waals surface area contributed by atoms with Crippen LogP contribution in [0, 0.1) is 49.4 Å². The molecule has 0 aliphatic carbocycles. The molecule has 0 amide bonds. The van der Waals surface area contributed by atoms with Crippen molar-refractivity contribution in [1.82, 2.24) is 15.0 Å². The number of carboxylic acid groups (broad SMARTS) is 3. The van der Waals surface area contributed by atoms with E-state index in [1.807, 2.05) is 54.6 Å². The molecule has 3 aromatic heterocycles. The Bertz CT molecular complexity index is 1610. The second-order valence-electron chi connectivity index (χ2n) is 8.03. The fourth-order valence-electron chi connectivity index (χ4n) is 3.54. The summed E-state index contributed by atoms with van der Waals surface area (Å²) in [6, 6.07) is 31.5. The number of benzene rings is 3. The van der Waals surface area contributed by atoms with Crippen molar-refractivity contribution in [1.29, 1.82) is 0 Å². The maximum atomic E-state index is 10.5. The molecule has 9 nitrogen and oxygen atoms in total. The van der Waals surface area contributed by atoms with Crippen LogP contribution in [-0.4, -0.2) is 32.9 Å². The van der Waals surface area contributed by atoms with Crippen LogP contribution in [0.15, 0.2) is 109 Å². The number of hydrogen-bond acceptors (Lipinski definition) is 9.